The molecule has 1 atom stereocenters. The molecule has 0 spiro atoms. The van der Waals surface area contributed by atoms with Crippen LogP contribution in [0.4, 0.5) is 17.1 Å². The second-order valence-electron chi connectivity index (χ2n) is 9.04. The fourth-order valence-corrected chi connectivity index (χ4v) is 4.63. The van der Waals surface area contributed by atoms with E-state index in [-0.39, 0.29) is 17.8 Å². The van der Waals surface area contributed by atoms with E-state index in [1.807, 2.05) is 23.5 Å². The Morgan fingerprint density at radius 3 is 2.40 bits per heavy atom. The van der Waals surface area contributed by atoms with Crippen LogP contribution in [-0.2, 0) is 20.5 Å². The maximum atomic E-state index is 11.7. The van der Waals surface area contributed by atoms with Crippen LogP contribution in [0.2, 0.25) is 0 Å². The standard InChI is InChI=1S/C24H40ClN7O3S.C3H4O/c1-26-16-19(25)24(35-18-8-10-32(11-9-18)36(7)33)29-17-28-21-14-20(27-2)22(15-23(21)34-6)31(5)13-12-30(3)4;1-2-3-4/h14-16,18,27-28H,1,8-13,17H2,2-7H3;2-3H,1H2/b19-16+,29-24+;. The first-order valence-corrected chi connectivity index (χ1v) is 14.7. The van der Waals surface area contributed by atoms with Crippen LogP contribution in [0.15, 0.2) is 46.0 Å². The van der Waals surface area contributed by atoms with Gasteiger partial charge in [-0.2, -0.15) is 0 Å². The Hall–Kier alpha value is -2.93. The third kappa shape index (κ3) is 12.1. The lowest BCUT2D eigenvalue weighted by Crippen LogP contribution is -2.38. The third-order valence-corrected chi connectivity index (χ3v) is 7.27. The van der Waals surface area contributed by atoms with Crippen molar-refractivity contribution in [3.05, 3.63) is 36.0 Å². The molecule has 0 bridgehead atoms. The molecule has 0 amide bonds. The highest BCUT2D eigenvalue weighted by Crippen LogP contribution is 2.36. The lowest BCUT2D eigenvalue weighted by Gasteiger charge is -2.30. The topological polar surface area (TPSA) is 111 Å². The van der Waals surface area contributed by atoms with Crippen molar-refractivity contribution in [1.29, 1.82) is 0 Å². The number of nitrogens with one attached hydrogen (secondary N) is 2. The van der Waals surface area contributed by atoms with E-state index >= 15 is 0 Å². The summed E-state index contributed by atoms with van der Waals surface area (Å²) in [6, 6.07) is 4.00. The monoisotopic (exact) mass is 597 g/mol. The van der Waals surface area contributed by atoms with Crippen molar-refractivity contribution in [2.45, 2.75) is 18.9 Å². The molecule has 0 saturated carbocycles. The van der Waals surface area contributed by atoms with E-state index in [4.69, 9.17) is 25.9 Å². The van der Waals surface area contributed by atoms with Gasteiger partial charge in [0.2, 0.25) is 5.90 Å². The summed E-state index contributed by atoms with van der Waals surface area (Å²) < 4.78 is 25.4. The number of aldehydes is 1. The van der Waals surface area contributed by atoms with Crippen molar-refractivity contribution in [3.63, 3.8) is 0 Å². The number of nitrogens with zero attached hydrogens (tertiary/aromatic N) is 5. The van der Waals surface area contributed by atoms with Crippen molar-refractivity contribution < 1.29 is 18.5 Å². The number of ether oxygens (including phenoxy) is 2. The first-order valence-electron chi connectivity index (χ1n) is 12.8. The highest BCUT2D eigenvalue weighted by atomic mass is 35.5. The summed E-state index contributed by atoms with van der Waals surface area (Å²) in [4.78, 5) is 21.7. The van der Waals surface area contributed by atoms with Crippen molar-refractivity contribution in [2.75, 3.05) is 89.9 Å². The zero-order chi connectivity index (χ0) is 30.1. The number of allylic oxidation sites excluding steroid dienone is 1. The minimum absolute atomic E-state index is 0.0714. The second kappa shape index (κ2) is 19.2. The van der Waals surface area contributed by atoms with Gasteiger partial charge in [-0.25, -0.2) is 13.5 Å². The van der Waals surface area contributed by atoms with E-state index in [2.05, 4.69) is 64.9 Å². The Balaban J connectivity index is 0.00000187. The average Bonchev–Trinajstić information content (AvgIpc) is 2.95. The molecule has 40 heavy (non-hydrogen) atoms. The third-order valence-electron chi connectivity index (χ3n) is 5.92. The number of carbonyl (C=O) groups is 1. The molecule has 13 heteroatoms. The van der Waals surface area contributed by atoms with Gasteiger partial charge in [0.25, 0.3) is 0 Å². The first kappa shape index (κ1) is 35.1. The zero-order valence-corrected chi connectivity index (χ0v) is 26.1. The van der Waals surface area contributed by atoms with Gasteiger partial charge in [0.1, 0.15) is 29.8 Å². The molecule has 1 aliphatic rings. The van der Waals surface area contributed by atoms with E-state index < -0.39 is 11.0 Å². The summed E-state index contributed by atoms with van der Waals surface area (Å²) >= 11 is 6.38. The SMILES string of the molecule is C=CC=O.C=N/C=C(Cl)\C(=N/CNc1cc(NC)c(N(C)CCN(C)C)cc1OC)OC1CCN(S(C)=O)CC1. The molecular formula is C27H44ClN7O4S. The van der Waals surface area contributed by atoms with E-state index in [1.54, 1.807) is 13.4 Å². The molecule has 1 unspecified atom stereocenters. The van der Waals surface area contributed by atoms with Gasteiger partial charge >= 0.3 is 0 Å². The van der Waals surface area contributed by atoms with Crippen molar-refractivity contribution in [3.8, 4) is 5.75 Å². The maximum absolute atomic E-state index is 11.7. The summed E-state index contributed by atoms with van der Waals surface area (Å²) in [7, 11) is 8.74. The van der Waals surface area contributed by atoms with Gasteiger partial charge in [0, 0.05) is 52.6 Å². The molecule has 1 aromatic carbocycles. The Labute approximate surface area is 246 Å². The largest absolute Gasteiger partial charge is 0.495 e. The Morgan fingerprint density at radius 1 is 1.25 bits per heavy atom. The summed E-state index contributed by atoms with van der Waals surface area (Å²) in [5.74, 6) is 0.994. The van der Waals surface area contributed by atoms with Crippen LogP contribution >= 0.6 is 11.6 Å². The number of hydrogen-bond donors (Lipinski definition) is 2. The number of hydrogen-bond acceptors (Lipinski definition) is 10. The number of carbonyl (C=O) groups excluding carboxylic acids is 1. The molecule has 1 saturated heterocycles. The van der Waals surface area contributed by atoms with Crippen molar-refractivity contribution >= 4 is 58.6 Å². The predicted molar refractivity (Wildman–Crippen MR) is 170 cm³/mol. The van der Waals surface area contributed by atoms with E-state index in [1.165, 1.54) is 12.3 Å². The van der Waals surface area contributed by atoms with E-state index in [0.29, 0.717) is 31.0 Å². The fraction of sp³-hybridized carbons (Fsp3) is 0.519. The van der Waals surface area contributed by atoms with Crippen LogP contribution in [0.5, 0.6) is 5.75 Å². The van der Waals surface area contributed by atoms with E-state index in [9.17, 15) is 4.21 Å². The molecule has 2 rings (SSSR count). The summed E-state index contributed by atoms with van der Waals surface area (Å²) in [6.45, 7) is 9.98. The van der Waals surface area contributed by atoms with Crippen molar-refractivity contribution in [1.82, 2.24) is 9.21 Å². The maximum Gasteiger partial charge on any atom is 0.231 e. The van der Waals surface area contributed by atoms with Crippen LogP contribution < -0.4 is 20.3 Å². The van der Waals surface area contributed by atoms with Gasteiger partial charge in [-0.05, 0) is 45.8 Å². The number of halogens is 1. The van der Waals surface area contributed by atoms with E-state index in [0.717, 1.165) is 43.0 Å². The number of likely N-dealkylation sites (N-methyl/N-ethyl adjacent to an activating group) is 2. The van der Waals surface area contributed by atoms with Crippen LogP contribution in [0, 0.1) is 0 Å². The Bertz CT molecular complexity index is 1040. The Morgan fingerprint density at radius 2 is 1.90 bits per heavy atom. The van der Waals surface area contributed by atoms with Crippen LogP contribution in [-0.4, -0.2) is 113 Å². The number of rotatable bonds is 14. The molecule has 2 N–H and O–H groups in total. The molecule has 1 fully saturated rings. The summed E-state index contributed by atoms with van der Waals surface area (Å²) in [5, 5.41) is 6.84. The van der Waals surface area contributed by atoms with Gasteiger partial charge in [-0.1, -0.05) is 18.2 Å². The molecule has 1 aromatic rings. The molecule has 224 valence electrons. The smallest absolute Gasteiger partial charge is 0.231 e. The molecule has 11 nitrogen and oxygen atoms in total. The highest BCUT2D eigenvalue weighted by Gasteiger charge is 2.24. The number of piperidine rings is 1. The number of benzene rings is 1. The molecule has 1 heterocycles. The number of anilines is 3. The fourth-order valence-electron chi connectivity index (χ4n) is 3.73. The zero-order valence-electron chi connectivity index (χ0n) is 24.5. The second-order valence-corrected chi connectivity index (χ2v) is 10.8. The van der Waals surface area contributed by atoms with Gasteiger partial charge in [0.05, 0.1) is 41.4 Å². The van der Waals surface area contributed by atoms with Crippen LogP contribution in [0.3, 0.4) is 0 Å². The first-order chi connectivity index (χ1) is 19.1. The Kier molecular flexibility index (Phi) is 16.8. The van der Waals surface area contributed by atoms with Gasteiger partial charge < -0.3 is 29.9 Å². The lowest BCUT2D eigenvalue weighted by molar-refractivity contribution is -0.104. The van der Waals surface area contributed by atoms with Crippen molar-refractivity contribution in [2.24, 2.45) is 9.98 Å². The van der Waals surface area contributed by atoms with Gasteiger partial charge in [-0.15, -0.1) is 0 Å². The molecular weight excluding hydrogens is 554 g/mol. The minimum Gasteiger partial charge on any atom is -0.495 e. The van der Waals surface area contributed by atoms with Gasteiger partial charge in [-0.3, -0.25) is 9.79 Å². The quantitative estimate of drug-likeness (QED) is 0.145. The number of aliphatic imine (C=N–C) groups is 2. The lowest BCUT2D eigenvalue weighted by atomic mass is 10.1. The predicted octanol–water partition coefficient (Wildman–Crippen LogP) is 3.43. The van der Waals surface area contributed by atoms with Crippen LogP contribution in [0.1, 0.15) is 12.8 Å². The summed E-state index contributed by atoms with van der Waals surface area (Å²) in [6.07, 6.45) is 6.34. The highest BCUT2D eigenvalue weighted by molar-refractivity contribution is 7.81. The molecule has 0 aliphatic carbocycles. The average molecular weight is 598 g/mol. The normalized spacial score (nSPS) is 15.4. The van der Waals surface area contributed by atoms with Crippen LogP contribution in [0.25, 0.3) is 0 Å². The summed E-state index contributed by atoms with van der Waals surface area (Å²) in [5.41, 5.74) is 2.79. The molecule has 1 aliphatic heterocycles. The number of methoxy groups -OCH3 is 1. The minimum atomic E-state index is -0.977. The van der Waals surface area contributed by atoms with Gasteiger partial charge in [0.15, 0.2) is 0 Å². The molecule has 0 radical (unpaired) electrons. The molecule has 0 aromatic heterocycles.